The zero-order chi connectivity index (χ0) is 18.8. The van der Waals surface area contributed by atoms with Crippen molar-refractivity contribution in [1.29, 1.82) is 0 Å². The molecule has 1 amide bonds. The first-order valence-electron chi connectivity index (χ1n) is 8.69. The quantitative estimate of drug-likeness (QED) is 0.383. The van der Waals surface area contributed by atoms with Gasteiger partial charge in [0, 0.05) is 26.2 Å². The van der Waals surface area contributed by atoms with Gasteiger partial charge < -0.3 is 20.4 Å². The summed E-state index contributed by atoms with van der Waals surface area (Å²) in [5.74, 6) is 0.506. The summed E-state index contributed by atoms with van der Waals surface area (Å²) in [7, 11) is 0. The summed E-state index contributed by atoms with van der Waals surface area (Å²) in [4.78, 5) is 16.3. The molecule has 2 aromatic rings. The largest absolute Gasteiger partial charge is 0.459 e. The second kappa shape index (κ2) is 10.2. The van der Waals surface area contributed by atoms with Gasteiger partial charge in [0.25, 0.3) is 5.91 Å². The van der Waals surface area contributed by atoms with Crippen LogP contribution < -0.4 is 16.0 Å². The number of carbonyl (C=O) groups is 1. The highest BCUT2D eigenvalue weighted by atomic mass is 19.1. The van der Waals surface area contributed by atoms with Crippen LogP contribution in [0.25, 0.3) is 0 Å². The van der Waals surface area contributed by atoms with Crippen LogP contribution in [0.15, 0.2) is 46.0 Å². The Labute approximate surface area is 152 Å². The van der Waals surface area contributed by atoms with Crippen LogP contribution in [0.4, 0.5) is 4.39 Å². The number of nitrogens with zero attached hydrogens (tertiary/aromatic N) is 1. The monoisotopic (exact) mass is 360 g/mol. The molecule has 6 nitrogen and oxygen atoms in total. The fourth-order valence-corrected chi connectivity index (χ4v) is 2.42. The first-order chi connectivity index (χ1) is 12.6. The Kier molecular flexibility index (Phi) is 7.67. The second-order valence-electron chi connectivity index (χ2n) is 5.74. The van der Waals surface area contributed by atoms with Gasteiger partial charge in [0.2, 0.25) is 0 Å². The van der Waals surface area contributed by atoms with Gasteiger partial charge in [-0.25, -0.2) is 4.39 Å². The SMILES string of the molecule is CCNC(=NCCc1ccc(F)cc1C)NCCNC(=O)c1ccco1. The fraction of sp³-hybridized carbons (Fsp3) is 0.368. The summed E-state index contributed by atoms with van der Waals surface area (Å²) in [6.07, 6.45) is 2.20. The molecular formula is C19H25FN4O2. The number of carbonyl (C=O) groups excluding carboxylic acids is 1. The van der Waals surface area contributed by atoms with Crippen molar-refractivity contribution < 1.29 is 13.6 Å². The average Bonchev–Trinajstić information content (AvgIpc) is 3.15. The van der Waals surface area contributed by atoms with Gasteiger partial charge in [0.15, 0.2) is 11.7 Å². The standard InChI is InChI=1S/C19H25FN4O2/c1-3-21-19(23-9-8-15-6-7-16(20)13-14(15)2)24-11-10-22-18(25)17-5-4-12-26-17/h4-7,12-13H,3,8-11H2,1-2H3,(H,22,25)(H2,21,23,24). The van der Waals surface area contributed by atoms with Crippen molar-refractivity contribution in [3.63, 3.8) is 0 Å². The van der Waals surface area contributed by atoms with Crippen molar-refractivity contribution in [3.05, 3.63) is 59.3 Å². The number of benzene rings is 1. The lowest BCUT2D eigenvalue weighted by atomic mass is 10.1. The highest BCUT2D eigenvalue weighted by molar-refractivity contribution is 5.91. The van der Waals surface area contributed by atoms with E-state index in [-0.39, 0.29) is 11.7 Å². The van der Waals surface area contributed by atoms with Crippen LogP contribution >= 0.6 is 0 Å². The molecule has 0 aliphatic carbocycles. The number of halogens is 1. The number of rotatable bonds is 8. The fourth-order valence-electron chi connectivity index (χ4n) is 2.42. The third-order valence-corrected chi connectivity index (χ3v) is 3.75. The summed E-state index contributed by atoms with van der Waals surface area (Å²) in [6, 6.07) is 8.09. The van der Waals surface area contributed by atoms with E-state index in [4.69, 9.17) is 4.42 Å². The van der Waals surface area contributed by atoms with Crippen LogP contribution in [0.1, 0.15) is 28.6 Å². The number of nitrogens with one attached hydrogen (secondary N) is 3. The lowest BCUT2D eigenvalue weighted by Gasteiger charge is -2.12. The van der Waals surface area contributed by atoms with E-state index < -0.39 is 0 Å². The number of aryl methyl sites for hydroxylation is 1. The molecule has 26 heavy (non-hydrogen) atoms. The van der Waals surface area contributed by atoms with Gasteiger partial charge in [-0.2, -0.15) is 0 Å². The van der Waals surface area contributed by atoms with Crippen molar-refractivity contribution in [1.82, 2.24) is 16.0 Å². The van der Waals surface area contributed by atoms with Gasteiger partial charge in [-0.3, -0.25) is 9.79 Å². The van der Waals surface area contributed by atoms with Crippen molar-refractivity contribution in [2.75, 3.05) is 26.2 Å². The molecule has 0 saturated carbocycles. The van der Waals surface area contributed by atoms with Crippen molar-refractivity contribution >= 4 is 11.9 Å². The van der Waals surface area contributed by atoms with Crippen LogP contribution in [-0.2, 0) is 6.42 Å². The highest BCUT2D eigenvalue weighted by Crippen LogP contribution is 2.10. The number of guanidine groups is 1. The molecule has 1 aromatic heterocycles. The Hall–Kier alpha value is -2.83. The predicted octanol–water partition coefficient (Wildman–Crippen LogP) is 2.25. The van der Waals surface area contributed by atoms with E-state index in [2.05, 4.69) is 20.9 Å². The lowest BCUT2D eigenvalue weighted by molar-refractivity contribution is 0.0926. The van der Waals surface area contributed by atoms with Crippen LogP contribution in [0.5, 0.6) is 0 Å². The maximum absolute atomic E-state index is 13.1. The van der Waals surface area contributed by atoms with E-state index in [0.29, 0.717) is 31.4 Å². The molecule has 0 unspecified atom stereocenters. The molecule has 1 aromatic carbocycles. The molecule has 0 saturated heterocycles. The first-order valence-corrected chi connectivity index (χ1v) is 8.69. The number of furan rings is 1. The van der Waals surface area contributed by atoms with Gasteiger partial charge >= 0.3 is 0 Å². The van der Waals surface area contributed by atoms with Crippen molar-refractivity contribution in [2.24, 2.45) is 4.99 Å². The first kappa shape index (κ1) is 19.5. The van der Waals surface area contributed by atoms with Gasteiger partial charge in [-0.05, 0) is 55.7 Å². The summed E-state index contributed by atoms with van der Waals surface area (Å²) < 4.78 is 18.2. The lowest BCUT2D eigenvalue weighted by Crippen LogP contribution is -2.41. The predicted molar refractivity (Wildman–Crippen MR) is 99.9 cm³/mol. The molecule has 2 rings (SSSR count). The molecule has 7 heteroatoms. The Morgan fingerprint density at radius 2 is 2.00 bits per heavy atom. The number of amides is 1. The zero-order valence-corrected chi connectivity index (χ0v) is 15.1. The van der Waals surface area contributed by atoms with Crippen LogP contribution in [0.2, 0.25) is 0 Å². The Morgan fingerprint density at radius 3 is 2.69 bits per heavy atom. The van der Waals surface area contributed by atoms with Crippen LogP contribution in [0, 0.1) is 12.7 Å². The third kappa shape index (κ3) is 6.23. The summed E-state index contributed by atoms with van der Waals surface area (Å²) in [6.45, 7) is 6.18. The Balaban J connectivity index is 1.76. The Morgan fingerprint density at radius 1 is 1.19 bits per heavy atom. The maximum atomic E-state index is 13.1. The molecule has 0 fully saturated rings. The van der Waals surface area contributed by atoms with E-state index in [0.717, 1.165) is 24.1 Å². The van der Waals surface area contributed by atoms with E-state index in [1.807, 2.05) is 13.8 Å². The van der Waals surface area contributed by atoms with Crippen molar-refractivity contribution in [2.45, 2.75) is 20.3 Å². The molecule has 1 heterocycles. The Bertz CT molecular complexity index is 729. The minimum atomic E-state index is -0.245. The number of hydrogen-bond donors (Lipinski definition) is 3. The second-order valence-corrected chi connectivity index (χ2v) is 5.74. The summed E-state index contributed by atoms with van der Waals surface area (Å²) >= 11 is 0. The van der Waals surface area contributed by atoms with E-state index in [9.17, 15) is 9.18 Å². The molecule has 0 atom stereocenters. The molecule has 3 N–H and O–H groups in total. The molecule has 140 valence electrons. The summed E-state index contributed by atoms with van der Waals surface area (Å²) in [5, 5.41) is 9.08. The molecule has 0 aliphatic heterocycles. The minimum absolute atomic E-state index is 0.221. The maximum Gasteiger partial charge on any atom is 0.287 e. The van der Waals surface area contributed by atoms with E-state index in [1.54, 1.807) is 18.2 Å². The third-order valence-electron chi connectivity index (χ3n) is 3.75. The van der Waals surface area contributed by atoms with Crippen molar-refractivity contribution in [3.8, 4) is 0 Å². The molecule has 0 radical (unpaired) electrons. The van der Waals surface area contributed by atoms with Gasteiger partial charge in [0.1, 0.15) is 5.82 Å². The normalized spacial score (nSPS) is 11.3. The van der Waals surface area contributed by atoms with Crippen LogP contribution in [0.3, 0.4) is 0 Å². The number of hydrogen-bond acceptors (Lipinski definition) is 3. The van der Waals surface area contributed by atoms with Gasteiger partial charge in [0.05, 0.1) is 6.26 Å². The van der Waals surface area contributed by atoms with E-state index >= 15 is 0 Å². The van der Waals surface area contributed by atoms with Crippen LogP contribution in [-0.4, -0.2) is 38.0 Å². The molecule has 0 aliphatic rings. The summed E-state index contributed by atoms with van der Waals surface area (Å²) in [5.41, 5.74) is 2.01. The minimum Gasteiger partial charge on any atom is -0.459 e. The topological polar surface area (TPSA) is 78.7 Å². The average molecular weight is 360 g/mol. The number of aliphatic imine (C=N–C) groups is 1. The van der Waals surface area contributed by atoms with Gasteiger partial charge in [-0.15, -0.1) is 0 Å². The molecular weight excluding hydrogens is 335 g/mol. The molecule has 0 bridgehead atoms. The zero-order valence-electron chi connectivity index (χ0n) is 15.1. The van der Waals surface area contributed by atoms with E-state index in [1.165, 1.54) is 18.4 Å². The van der Waals surface area contributed by atoms with Gasteiger partial charge in [-0.1, -0.05) is 6.07 Å². The smallest absolute Gasteiger partial charge is 0.287 e. The highest BCUT2D eigenvalue weighted by Gasteiger charge is 2.07. The molecule has 0 spiro atoms.